The first-order valence-corrected chi connectivity index (χ1v) is 20.3. The Morgan fingerprint density at radius 3 is 2.38 bits per heavy atom. The van der Waals surface area contributed by atoms with Crippen LogP contribution in [0.5, 0.6) is 17.2 Å². The molecule has 3 aromatic carbocycles. The Hall–Kier alpha value is -4.21. The van der Waals surface area contributed by atoms with Gasteiger partial charge in [0.15, 0.2) is 11.5 Å². The van der Waals surface area contributed by atoms with Crippen LogP contribution in [0.4, 0.5) is 14.5 Å². The number of benzene rings is 3. The van der Waals surface area contributed by atoms with Crippen molar-refractivity contribution in [2.24, 2.45) is 5.92 Å². The molecule has 1 saturated heterocycles. The van der Waals surface area contributed by atoms with Crippen LogP contribution in [0.3, 0.4) is 0 Å². The number of hydrogen-bond donors (Lipinski definition) is 0. The summed E-state index contributed by atoms with van der Waals surface area (Å²) in [6.07, 6.45) is 4.72. The predicted octanol–water partition coefficient (Wildman–Crippen LogP) is 7.60. The van der Waals surface area contributed by atoms with Gasteiger partial charge in [0.05, 0.1) is 47.4 Å². The van der Waals surface area contributed by atoms with Gasteiger partial charge in [0.25, 0.3) is 0 Å². The fraction of sp³-hybridized carbons (Fsp3) is 0.385. The van der Waals surface area contributed by atoms with Gasteiger partial charge in [-0.05, 0) is 59.7 Å². The highest BCUT2D eigenvalue weighted by Gasteiger charge is 2.28. The Kier molecular flexibility index (Phi) is 13.7. The zero-order chi connectivity index (χ0) is 39.0. The third-order valence-electron chi connectivity index (χ3n) is 9.10. The largest absolute Gasteiger partial charge is 0.489 e. The molecule has 11 nitrogen and oxygen atoms in total. The lowest BCUT2D eigenvalue weighted by Crippen LogP contribution is -2.43. The average Bonchev–Trinajstić information content (AvgIpc) is 3.99. The van der Waals surface area contributed by atoms with E-state index in [1.54, 1.807) is 6.07 Å². The second-order valence-electron chi connectivity index (χ2n) is 13.3. The van der Waals surface area contributed by atoms with Crippen molar-refractivity contribution in [3.63, 3.8) is 0 Å². The van der Waals surface area contributed by atoms with Crippen molar-refractivity contribution < 1.29 is 45.7 Å². The Balaban J connectivity index is 1.35. The number of rotatable bonds is 18. The second kappa shape index (κ2) is 18.6. The topological polar surface area (TPSA) is 117 Å². The molecule has 2 heterocycles. The number of carbonyl (C=O) groups excluding carboxylic acids is 1. The summed E-state index contributed by atoms with van der Waals surface area (Å²) in [5.74, 6) is -0.408. The summed E-state index contributed by atoms with van der Waals surface area (Å²) in [7, 11) is -3.83. The molecule has 55 heavy (non-hydrogen) atoms. The number of anilines is 1. The molecule has 16 heteroatoms. The van der Waals surface area contributed by atoms with Gasteiger partial charge in [0.1, 0.15) is 18.5 Å². The lowest BCUT2D eigenvalue weighted by Gasteiger charge is -2.30. The van der Waals surface area contributed by atoms with Gasteiger partial charge in [-0.3, -0.25) is 14.2 Å². The van der Waals surface area contributed by atoms with Gasteiger partial charge in [0, 0.05) is 51.1 Å². The molecule has 0 amide bonds. The summed E-state index contributed by atoms with van der Waals surface area (Å²) >= 11 is 13.0. The van der Waals surface area contributed by atoms with Crippen LogP contribution in [0, 0.1) is 5.92 Å². The van der Waals surface area contributed by atoms with E-state index in [1.807, 2.05) is 30.3 Å². The minimum absolute atomic E-state index is 0.000340. The van der Waals surface area contributed by atoms with Crippen molar-refractivity contribution >= 4 is 44.9 Å². The molecule has 1 aromatic heterocycles. The summed E-state index contributed by atoms with van der Waals surface area (Å²) in [5.41, 5.74) is 1.87. The maximum Gasteiger partial charge on any atom is 0.387 e. The van der Waals surface area contributed by atoms with Gasteiger partial charge in [-0.25, -0.2) is 13.2 Å². The smallest absolute Gasteiger partial charge is 0.387 e. The van der Waals surface area contributed by atoms with Crippen molar-refractivity contribution in [1.82, 2.24) is 9.88 Å². The van der Waals surface area contributed by atoms with Crippen molar-refractivity contribution in [2.45, 2.75) is 38.6 Å². The maximum absolute atomic E-state index is 14.3. The third-order valence-corrected chi connectivity index (χ3v) is 11.0. The molecule has 1 aliphatic heterocycles. The number of nitrogens with zero attached hydrogens (tertiary/aromatic N) is 3. The minimum Gasteiger partial charge on any atom is -0.489 e. The van der Waals surface area contributed by atoms with Crippen molar-refractivity contribution in [3.8, 4) is 17.2 Å². The number of hydrogen-bond acceptors (Lipinski definition) is 10. The van der Waals surface area contributed by atoms with Crippen LogP contribution < -0.4 is 18.5 Å². The van der Waals surface area contributed by atoms with Gasteiger partial charge in [-0.2, -0.15) is 8.78 Å². The highest BCUT2D eigenvalue weighted by atomic mass is 35.5. The fourth-order valence-corrected chi connectivity index (χ4v) is 7.40. The molecule has 0 spiro atoms. The molecule has 294 valence electrons. The molecule has 0 N–H and O–H groups in total. The molecular weight excluding hydrogens is 779 g/mol. The molecule has 0 radical (unpaired) electrons. The number of halogens is 4. The number of morpholine rings is 1. The Bertz CT molecular complexity index is 2020. The quantitative estimate of drug-likeness (QED) is 0.0930. The van der Waals surface area contributed by atoms with Crippen LogP contribution >= 0.6 is 23.2 Å². The highest BCUT2D eigenvalue weighted by molar-refractivity contribution is 7.92. The first-order valence-electron chi connectivity index (χ1n) is 17.7. The number of aromatic nitrogens is 1. The first kappa shape index (κ1) is 40.5. The summed E-state index contributed by atoms with van der Waals surface area (Å²) in [4.78, 5) is 20.4. The van der Waals surface area contributed by atoms with Gasteiger partial charge >= 0.3 is 12.6 Å². The molecule has 1 unspecified atom stereocenters. The van der Waals surface area contributed by atoms with E-state index >= 15 is 0 Å². The number of ether oxygens (including phenoxy) is 5. The fourth-order valence-electron chi connectivity index (χ4n) is 5.98. The van der Waals surface area contributed by atoms with E-state index in [4.69, 9.17) is 46.9 Å². The average molecular weight is 821 g/mol. The summed E-state index contributed by atoms with van der Waals surface area (Å²) in [5, 5.41) is 0.443. The molecular formula is C39H41Cl2F2N3O8S. The normalized spacial score (nSPS) is 15.4. The first-order chi connectivity index (χ1) is 26.4. The van der Waals surface area contributed by atoms with Crippen molar-refractivity contribution in [1.29, 1.82) is 0 Å². The van der Waals surface area contributed by atoms with E-state index in [1.165, 1.54) is 47.0 Å². The molecule has 1 aliphatic carbocycles. The van der Waals surface area contributed by atoms with Crippen LogP contribution in [0.2, 0.25) is 10.0 Å². The zero-order valence-corrected chi connectivity index (χ0v) is 32.4. The van der Waals surface area contributed by atoms with Crippen molar-refractivity contribution in [3.05, 3.63) is 111 Å². The molecule has 1 saturated carbocycles. The molecule has 0 bridgehead atoms. The lowest BCUT2D eigenvalue weighted by atomic mass is 10.0. The third kappa shape index (κ3) is 11.7. The van der Waals surface area contributed by atoms with Gasteiger partial charge < -0.3 is 23.7 Å². The highest BCUT2D eigenvalue weighted by Crippen LogP contribution is 2.38. The number of pyridine rings is 1. The maximum atomic E-state index is 14.3. The van der Waals surface area contributed by atoms with E-state index in [0.29, 0.717) is 56.5 Å². The Morgan fingerprint density at radius 1 is 0.982 bits per heavy atom. The minimum atomic E-state index is -3.83. The van der Waals surface area contributed by atoms with Gasteiger partial charge in [-0.15, -0.1) is 0 Å². The van der Waals surface area contributed by atoms with E-state index < -0.39 is 28.7 Å². The van der Waals surface area contributed by atoms with Crippen LogP contribution in [0.15, 0.2) is 79.1 Å². The van der Waals surface area contributed by atoms with Crippen LogP contribution in [-0.2, 0) is 32.5 Å². The molecule has 4 aromatic rings. The second-order valence-corrected chi connectivity index (χ2v) is 16.0. The Labute approximate surface area is 329 Å². The Morgan fingerprint density at radius 2 is 1.71 bits per heavy atom. The molecule has 6 rings (SSSR count). The van der Waals surface area contributed by atoms with E-state index in [-0.39, 0.29) is 58.1 Å². The summed E-state index contributed by atoms with van der Waals surface area (Å²) < 4.78 is 82.8. The van der Waals surface area contributed by atoms with E-state index in [0.717, 1.165) is 24.7 Å². The summed E-state index contributed by atoms with van der Waals surface area (Å²) in [6.45, 7) is 0.291. The summed E-state index contributed by atoms with van der Waals surface area (Å²) in [6, 6.07) is 18.2. The number of carbonyl (C=O) groups is 1. The number of alkyl halides is 2. The zero-order valence-electron chi connectivity index (χ0n) is 30.0. The standard InChI is InChI=1S/C39H41Cl2F2N3O8S/c1-55(48,49)46(12-11-45-13-15-50-16-14-45)30-17-29(18-31(20-30)51-24-26-5-3-2-4-6-26)38(47)53-36(21-32-33(40)22-44-23-34(32)41)28-9-10-35(54-39(42)43)37(19-28)52-25-27-7-8-27/h2-6,9-10,17-20,22-23,27,36,39H,7-8,11-16,21,24-25H2,1H3. The molecule has 2 aliphatic rings. The van der Waals surface area contributed by atoms with E-state index in [2.05, 4.69) is 9.88 Å². The SMILES string of the molecule is CS(=O)(=O)N(CCN1CCOCC1)c1cc(OCc2ccccc2)cc(C(=O)OC(Cc2c(Cl)cncc2Cl)c2ccc(OC(F)F)c(OCC3CC3)c2)c1. The molecule has 2 fully saturated rings. The van der Waals surface area contributed by atoms with Crippen molar-refractivity contribution in [2.75, 3.05) is 56.6 Å². The number of esters is 1. The van der Waals surface area contributed by atoms with Crippen LogP contribution in [0.1, 0.15) is 46.0 Å². The predicted molar refractivity (Wildman–Crippen MR) is 204 cm³/mol. The van der Waals surface area contributed by atoms with Crippen LogP contribution in [-0.4, -0.2) is 83.1 Å². The van der Waals surface area contributed by atoms with Gasteiger partial charge in [-0.1, -0.05) is 59.6 Å². The molecule has 1 atom stereocenters. The lowest BCUT2D eigenvalue weighted by molar-refractivity contribution is -0.0515. The monoisotopic (exact) mass is 819 g/mol. The van der Waals surface area contributed by atoms with Gasteiger partial charge in [0.2, 0.25) is 10.0 Å². The van der Waals surface area contributed by atoms with Crippen LogP contribution in [0.25, 0.3) is 0 Å². The number of sulfonamides is 1. The van der Waals surface area contributed by atoms with E-state index in [9.17, 15) is 22.0 Å².